The third-order valence-corrected chi connectivity index (χ3v) is 2.35. The maximum atomic E-state index is 13.4. The Balaban J connectivity index is 2.33. The van der Waals surface area contributed by atoms with Crippen LogP contribution in [0.25, 0.3) is 0 Å². The first-order valence-corrected chi connectivity index (χ1v) is 5.51. The van der Waals surface area contributed by atoms with Crippen LogP contribution in [0.3, 0.4) is 0 Å². The summed E-state index contributed by atoms with van der Waals surface area (Å²) in [4.78, 5) is 7.21. The highest BCUT2D eigenvalue weighted by Gasteiger charge is 2.10. The molecule has 0 radical (unpaired) electrons. The molecule has 0 aliphatic carbocycles. The van der Waals surface area contributed by atoms with Crippen molar-refractivity contribution in [3.8, 4) is 11.6 Å². The van der Waals surface area contributed by atoms with E-state index in [1.165, 1.54) is 12.1 Å². The van der Waals surface area contributed by atoms with E-state index in [0.29, 0.717) is 4.47 Å². The molecule has 0 amide bonds. The summed E-state index contributed by atoms with van der Waals surface area (Å²) in [6.07, 6.45) is 0.895. The quantitative estimate of drug-likeness (QED) is 0.672. The Kier molecular flexibility index (Phi) is 3.68. The fraction of sp³-hybridized carbons (Fsp3) is 0. The van der Waals surface area contributed by atoms with E-state index in [1.807, 2.05) is 0 Å². The SMILES string of the molecule is NNc1ncc(F)c(Oc2cc(F)cc(Br)c2)n1. The van der Waals surface area contributed by atoms with Gasteiger partial charge < -0.3 is 4.74 Å². The maximum absolute atomic E-state index is 13.4. The molecule has 0 bridgehead atoms. The molecule has 1 aromatic carbocycles. The topological polar surface area (TPSA) is 73.1 Å². The molecule has 0 unspecified atom stereocenters. The first kappa shape index (κ1) is 12.7. The predicted molar refractivity (Wildman–Crippen MR) is 64.0 cm³/mol. The zero-order valence-electron chi connectivity index (χ0n) is 8.82. The number of anilines is 1. The zero-order valence-corrected chi connectivity index (χ0v) is 10.4. The molecule has 0 fully saturated rings. The molecule has 0 saturated carbocycles. The second kappa shape index (κ2) is 5.23. The van der Waals surface area contributed by atoms with E-state index in [4.69, 9.17) is 10.6 Å². The molecule has 18 heavy (non-hydrogen) atoms. The van der Waals surface area contributed by atoms with E-state index in [-0.39, 0.29) is 17.6 Å². The Morgan fingerprint density at radius 3 is 2.72 bits per heavy atom. The van der Waals surface area contributed by atoms with Crippen molar-refractivity contribution in [1.82, 2.24) is 9.97 Å². The van der Waals surface area contributed by atoms with Crippen LogP contribution in [0.1, 0.15) is 0 Å². The van der Waals surface area contributed by atoms with Crippen LogP contribution in [-0.2, 0) is 0 Å². The highest BCUT2D eigenvalue weighted by atomic mass is 79.9. The molecule has 2 aromatic rings. The van der Waals surface area contributed by atoms with Gasteiger partial charge in [-0.1, -0.05) is 15.9 Å². The molecule has 8 heteroatoms. The van der Waals surface area contributed by atoms with E-state index in [9.17, 15) is 8.78 Å². The second-order valence-electron chi connectivity index (χ2n) is 3.20. The molecule has 3 N–H and O–H groups in total. The lowest BCUT2D eigenvalue weighted by atomic mass is 10.3. The molecular weight excluding hydrogens is 310 g/mol. The van der Waals surface area contributed by atoms with Crippen molar-refractivity contribution in [2.75, 3.05) is 5.43 Å². The number of rotatable bonds is 3. The molecule has 0 aliphatic heterocycles. The summed E-state index contributed by atoms with van der Waals surface area (Å²) < 4.78 is 32.1. The van der Waals surface area contributed by atoms with Gasteiger partial charge in [-0.05, 0) is 12.1 Å². The minimum atomic E-state index is -0.783. The number of hydrogen-bond donors (Lipinski definition) is 2. The molecular formula is C10H7BrF2N4O. The van der Waals surface area contributed by atoms with E-state index in [1.54, 1.807) is 0 Å². The van der Waals surface area contributed by atoms with Crippen molar-refractivity contribution in [1.29, 1.82) is 0 Å². The van der Waals surface area contributed by atoms with Gasteiger partial charge in [-0.25, -0.2) is 15.2 Å². The summed E-state index contributed by atoms with van der Waals surface area (Å²) in [5.41, 5.74) is 2.15. The second-order valence-corrected chi connectivity index (χ2v) is 4.11. The van der Waals surface area contributed by atoms with Crippen molar-refractivity contribution >= 4 is 21.9 Å². The van der Waals surface area contributed by atoms with Gasteiger partial charge in [0.15, 0.2) is 0 Å². The average molecular weight is 317 g/mol. The number of hydrazine groups is 1. The fourth-order valence-corrected chi connectivity index (χ4v) is 1.64. The Morgan fingerprint density at radius 2 is 2.06 bits per heavy atom. The zero-order chi connectivity index (χ0) is 13.1. The van der Waals surface area contributed by atoms with Crippen LogP contribution < -0.4 is 16.0 Å². The van der Waals surface area contributed by atoms with Gasteiger partial charge in [0.25, 0.3) is 5.88 Å². The molecule has 1 heterocycles. The van der Waals surface area contributed by atoms with E-state index < -0.39 is 11.6 Å². The van der Waals surface area contributed by atoms with E-state index in [2.05, 4.69) is 31.3 Å². The number of nitrogens with one attached hydrogen (secondary N) is 1. The summed E-state index contributed by atoms with van der Waals surface area (Å²) in [7, 11) is 0. The van der Waals surface area contributed by atoms with Gasteiger partial charge in [0.1, 0.15) is 11.6 Å². The minimum absolute atomic E-state index is 0.0122. The van der Waals surface area contributed by atoms with Gasteiger partial charge in [-0.15, -0.1) is 0 Å². The highest BCUT2D eigenvalue weighted by molar-refractivity contribution is 9.10. The molecule has 1 aromatic heterocycles. The van der Waals surface area contributed by atoms with Crippen LogP contribution in [0.2, 0.25) is 0 Å². The number of ether oxygens (including phenoxy) is 1. The first-order chi connectivity index (χ1) is 8.58. The van der Waals surface area contributed by atoms with Crippen molar-refractivity contribution in [3.63, 3.8) is 0 Å². The number of hydrogen-bond acceptors (Lipinski definition) is 5. The Hall–Kier alpha value is -1.80. The normalized spacial score (nSPS) is 10.2. The minimum Gasteiger partial charge on any atom is -0.436 e. The van der Waals surface area contributed by atoms with E-state index >= 15 is 0 Å². The number of aromatic nitrogens is 2. The monoisotopic (exact) mass is 316 g/mol. The standard InChI is InChI=1S/C10H7BrF2N4O/c11-5-1-6(12)3-7(2-5)18-9-8(13)4-15-10(16-9)17-14/h1-4H,14H2,(H,15,16,17). The third-order valence-electron chi connectivity index (χ3n) is 1.89. The molecule has 2 rings (SSSR count). The van der Waals surface area contributed by atoms with Crippen molar-refractivity contribution in [3.05, 3.63) is 40.5 Å². The van der Waals surface area contributed by atoms with Gasteiger partial charge in [-0.3, -0.25) is 5.43 Å². The van der Waals surface area contributed by atoms with Crippen molar-refractivity contribution in [2.24, 2.45) is 5.84 Å². The fourth-order valence-electron chi connectivity index (χ4n) is 1.19. The van der Waals surface area contributed by atoms with Crippen LogP contribution in [0.15, 0.2) is 28.9 Å². The summed E-state index contributed by atoms with van der Waals surface area (Å²) >= 11 is 3.09. The van der Waals surface area contributed by atoms with Crippen LogP contribution >= 0.6 is 15.9 Å². The maximum Gasteiger partial charge on any atom is 0.260 e. The molecule has 0 aliphatic rings. The largest absolute Gasteiger partial charge is 0.436 e. The van der Waals surface area contributed by atoms with E-state index in [0.717, 1.165) is 12.3 Å². The number of benzene rings is 1. The average Bonchev–Trinajstić information content (AvgIpc) is 2.30. The van der Waals surface area contributed by atoms with Crippen LogP contribution in [0, 0.1) is 11.6 Å². The smallest absolute Gasteiger partial charge is 0.260 e. The summed E-state index contributed by atoms with van der Waals surface area (Å²) in [6.45, 7) is 0. The molecule has 0 spiro atoms. The predicted octanol–water partition coefficient (Wildman–Crippen LogP) is 2.60. The molecule has 0 atom stereocenters. The van der Waals surface area contributed by atoms with Gasteiger partial charge in [0.2, 0.25) is 11.8 Å². The Bertz CT molecular complexity index is 562. The summed E-state index contributed by atoms with van der Waals surface area (Å²) in [6, 6.07) is 3.82. The van der Waals surface area contributed by atoms with Gasteiger partial charge in [-0.2, -0.15) is 9.37 Å². The van der Waals surface area contributed by atoms with Gasteiger partial charge in [0.05, 0.1) is 6.20 Å². The number of nitrogen functional groups attached to an aromatic ring is 1. The number of halogens is 3. The number of nitrogens with two attached hydrogens (primary N) is 1. The summed E-state index contributed by atoms with van der Waals surface area (Å²) in [5.74, 6) is 3.52. The lowest BCUT2D eigenvalue weighted by Gasteiger charge is -2.07. The van der Waals surface area contributed by atoms with Crippen LogP contribution in [0.4, 0.5) is 14.7 Å². The van der Waals surface area contributed by atoms with Crippen molar-refractivity contribution < 1.29 is 13.5 Å². The Morgan fingerprint density at radius 1 is 1.28 bits per heavy atom. The van der Waals surface area contributed by atoms with Gasteiger partial charge in [0, 0.05) is 10.5 Å². The molecule has 0 saturated heterocycles. The molecule has 5 nitrogen and oxygen atoms in total. The number of nitrogens with zero attached hydrogens (tertiary/aromatic N) is 2. The lowest BCUT2D eigenvalue weighted by Crippen LogP contribution is -2.11. The van der Waals surface area contributed by atoms with Crippen molar-refractivity contribution in [2.45, 2.75) is 0 Å². The third kappa shape index (κ3) is 2.90. The highest BCUT2D eigenvalue weighted by Crippen LogP contribution is 2.26. The Labute approximate surface area is 109 Å². The van der Waals surface area contributed by atoms with Crippen LogP contribution in [0.5, 0.6) is 11.6 Å². The summed E-state index contributed by atoms with van der Waals surface area (Å²) in [5, 5.41) is 0. The molecule has 94 valence electrons. The first-order valence-electron chi connectivity index (χ1n) is 4.71. The lowest BCUT2D eigenvalue weighted by molar-refractivity contribution is 0.417. The van der Waals surface area contributed by atoms with Crippen LogP contribution in [-0.4, -0.2) is 9.97 Å². The van der Waals surface area contributed by atoms with Gasteiger partial charge >= 0.3 is 0 Å².